The maximum Gasteiger partial charge on any atom is 0.243 e. The van der Waals surface area contributed by atoms with Gasteiger partial charge >= 0.3 is 0 Å². The minimum atomic E-state index is -3.56. The van der Waals surface area contributed by atoms with E-state index in [-0.39, 0.29) is 17.2 Å². The minimum Gasteiger partial charge on any atom is -0.369 e. The van der Waals surface area contributed by atoms with Crippen molar-refractivity contribution in [2.75, 3.05) is 43.0 Å². The molecule has 7 heteroatoms. The molecule has 0 radical (unpaired) electrons. The molecule has 0 spiro atoms. The van der Waals surface area contributed by atoms with E-state index in [2.05, 4.69) is 36.1 Å². The molecule has 6 nitrogen and oxygen atoms in total. The van der Waals surface area contributed by atoms with Gasteiger partial charge in [0, 0.05) is 44.6 Å². The number of hydrogen-bond acceptors (Lipinski definition) is 4. The fourth-order valence-corrected chi connectivity index (χ4v) is 5.36. The highest BCUT2D eigenvalue weighted by Gasteiger charge is 2.31. The molecule has 2 aromatic rings. The van der Waals surface area contributed by atoms with E-state index in [0.29, 0.717) is 26.2 Å². The number of sulfonamides is 1. The number of fused-ring (bicyclic) bond motifs is 1. The maximum atomic E-state index is 13.1. The third-order valence-corrected chi connectivity index (χ3v) is 7.61. The molecule has 4 rings (SSSR count). The van der Waals surface area contributed by atoms with Gasteiger partial charge in [0.05, 0.1) is 11.3 Å². The Hall–Kier alpha value is -2.38. The van der Waals surface area contributed by atoms with E-state index in [1.807, 2.05) is 0 Å². The Bertz CT molecular complexity index is 994. The van der Waals surface area contributed by atoms with Crippen LogP contribution in [0.25, 0.3) is 0 Å². The van der Waals surface area contributed by atoms with E-state index in [9.17, 15) is 13.2 Å². The van der Waals surface area contributed by atoms with Gasteiger partial charge in [-0.15, -0.1) is 0 Å². The van der Waals surface area contributed by atoms with Crippen LogP contribution >= 0.6 is 0 Å². The molecule has 0 aromatic heterocycles. The van der Waals surface area contributed by atoms with Gasteiger partial charge in [-0.1, -0.05) is 19.1 Å². The SMILES string of the molecule is CCc1ccc(N2CCN(S(=O)(=O)c3ccc4c(c3)CC(=O)N4C)CC2)cc1. The highest BCUT2D eigenvalue weighted by Crippen LogP contribution is 2.31. The smallest absolute Gasteiger partial charge is 0.243 e. The highest BCUT2D eigenvalue weighted by atomic mass is 32.2. The number of anilines is 2. The molecular weight excluding hydrogens is 374 g/mol. The topological polar surface area (TPSA) is 60.9 Å². The van der Waals surface area contributed by atoms with Gasteiger partial charge in [0.2, 0.25) is 15.9 Å². The highest BCUT2D eigenvalue weighted by molar-refractivity contribution is 7.89. The van der Waals surface area contributed by atoms with E-state index in [1.165, 1.54) is 5.56 Å². The Labute approximate surface area is 166 Å². The van der Waals surface area contributed by atoms with Crippen molar-refractivity contribution in [1.82, 2.24) is 4.31 Å². The zero-order chi connectivity index (χ0) is 19.9. The van der Waals surface area contributed by atoms with Crippen LogP contribution < -0.4 is 9.80 Å². The largest absolute Gasteiger partial charge is 0.369 e. The molecule has 2 aliphatic rings. The molecule has 2 aliphatic heterocycles. The Morgan fingerprint density at radius 1 is 0.964 bits per heavy atom. The summed E-state index contributed by atoms with van der Waals surface area (Å²) in [5.41, 5.74) is 4.01. The predicted octanol–water partition coefficient (Wildman–Crippen LogP) is 2.28. The Balaban J connectivity index is 1.48. The lowest BCUT2D eigenvalue weighted by atomic mass is 10.1. The van der Waals surface area contributed by atoms with Crippen LogP contribution in [-0.4, -0.2) is 51.9 Å². The van der Waals surface area contributed by atoms with E-state index in [4.69, 9.17) is 0 Å². The monoisotopic (exact) mass is 399 g/mol. The van der Waals surface area contributed by atoms with Gasteiger partial charge in [0.1, 0.15) is 0 Å². The van der Waals surface area contributed by atoms with Crippen molar-refractivity contribution >= 4 is 27.3 Å². The van der Waals surface area contributed by atoms with Crippen LogP contribution in [0.3, 0.4) is 0 Å². The molecule has 0 atom stereocenters. The summed E-state index contributed by atoms with van der Waals surface area (Å²) in [5, 5.41) is 0. The second kappa shape index (κ2) is 7.22. The predicted molar refractivity (Wildman–Crippen MR) is 110 cm³/mol. The molecule has 0 saturated carbocycles. The average molecular weight is 400 g/mol. The van der Waals surface area contributed by atoms with Gasteiger partial charge in [-0.3, -0.25) is 4.79 Å². The molecule has 0 N–H and O–H groups in total. The summed E-state index contributed by atoms with van der Waals surface area (Å²) in [6, 6.07) is 13.5. The first-order valence-electron chi connectivity index (χ1n) is 9.63. The molecule has 2 aromatic carbocycles. The zero-order valence-electron chi connectivity index (χ0n) is 16.3. The van der Waals surface area contributed by atoms with Crippen molar-refractivity contribution in [3.05, 3.63) is 53.6 Å². The molecule has 0 aliphatic carbocycles. The molecule has 1 saturated heterocycles. The Kier molecular flexibility index (Phi) is 4.89. The molecule has 2 heterocycles. The lowest BCUT2D eigenvalue weighted by molar-refractivity contribution is -0.117. The number of hydrogen-bond donors (Lipinski definition) is 0. The number of likely N-dealkylation sites (N-methyl/N-ethyl adjacent to an activating group) is 1. The van der Waals surface area contributed by atoms with Crippen LogP contribution in [-0.2, 0) is 27.7 Å². The standard InChI is InChI=1S/C21H25N3O3S/c1-3-16-4-6-18(7-5-16)23-10-12-24(13-11-23)28(26,27)19-8-9-20-17(14-19)15-21(25)22(20)2/h4-9,14H,3,10-13,15H2,1-2H3. The van der Waals surface area contributed by atoms with Crippen molar-refractivity contribution in [2.45, 2.75) is 24.7 Å². The summed E-state index contributed by atoms with van der Waals surface area (Å²) in [7, 11) is -1.84. The number of piperazine rings is 1. The third kappa shape index (κ3) is 3.29. The van der Waals surface area contributed by atoms with E-state index in [0.717, 1.165) is 23.4 Å². The average Bonchev–Trinajstić information content (AvgIpc) is 3.01. The number of carbonyl (C=O) groups excluding carboxylic acids is 1. The molecule has 0 unspecified atom stereocenters. The van der Waals surface area contributed by atoms with Crippen molar-refractivity contribution < 1.29 is 13.2 Å². The van der Waals surface area contributed by atoms with Gasteiger partial charge in [-0.05, 0) is 47.9 Å². The molecule has 148 valence electrons. The lowest BCUT2D eigenvalue weighted by Gasteiger charge is -2.35. The lowest BCUT2D eigenvalue weighted by Crippen LogP contribution is -2.48. The van der Waals surface area contributed by atoms with Crippen LogP contribution in [0.4, 0.5) is 11.4 Å². The first kappa shape index (κ1) is 19.0. The molecule has 1 amide bonds. The summed E-state index contributed by atoms with van der Waals surface area (Å²) in [4.78, 5) is 15.9. The summed E-state index contributed by atoms with van der Waals surface area (Å²) in [6.45, 7) is 4.36. The van der Waals surface area contributed by atoms with E-state index in [1.54, 1.807) is 34.5 Å². The number of rotatable bonds is 4. The zero-order valence-corrected chi connectivity index (χ0v) is 17.1. The fraction of sp³-hybridized carbons (Fsp3) is 0.381. The Morgan fingerprint density at radius 2 is 1.64 bits per heavy atom. The van der Waals surface area contributed by atoms with Gasteiger partial charge in [0.25, 0.3) is 0 Å². The van der Waals surface area contributed by atoms with E-state index < -0.39 is 10.0 Å². The molecular formula is C21H25N3O3S. The minimum absolute atomic E-state index is 0.00717. The number of nitrogens with zero attached hydrogens (tertiary/aromatic N) is 3. The third-order valence-electron chi connectivity index (χ3n) is 5.71. The number of benzene rings is 2. The summed E-state index contributed by atoms with van der Waals surface area (Å²) in [6.07, 6.45) is 1.27. The van der Waals surface area contributed by atoms with Crippen LogP contribution in [0.15, 0.2) is 47.4 Å². The van der Waals surface area contributed by atoms with Crippen LogP contribution in [0.1, 0.15) is 18.1 Å². The normalized spacial score (nSPS) is 17.9. The second-order valence-electron chi connectivity index (χ2n) is 7.33. The van der Waals surface area contributed by atoms with Crippen molar-refractivity contribution in [3.63, 3.8) is 0 Å². The first-order valence-corrected chi connectivity index (χ1v) is 11.1. The molecule has 28 heavy (non-hydrogen) atoms. The van der Waals surface area contributed by atoms with Gasteiger partial charge < -0.3 is 9.80 Å². The van der Waals surface area contributed by atoms with Crippen molar-refractivity contribution in [3.8, 4) is 0 Å². The summed E-state index contributed by atoms with van der Waals surface area (Å²) in [5.74, 6) is -0.00717. The van der Waals surface area contributed by atoms with Crippen LogP contribution in [0, 0.1) is 0 Å². The van der Waals surface area contributed by atoms with Crippen molar-refractivity contribution in [2.24, 2.45) is 0 Å². The fourth-order valence-electron chi connectivity index (χ4n) is 3.89. The van der Waals surface area contributed by atoms with Crippen LogP contribution in [0.5, 0.6) is 0 Å². The number of aryl methyl sites for hydroxylation is 1. The van der Waals surface area contributed by atoms with Crippen LogP contribution in [0.2, 0.25) is 0 Å². The second-order valence-corrected chi connectivity index (χ2v) is 9.27. The van der Waals surface area contributed by atoms with Gasteiger partial charge in [0.15, 0.2) is 0 Å². The Morgan fingerprint density at radius 3 is 2.29 bits per heavy atom. The summed E-state index contributed by atoms with van der Waals surface area (Å²) >= 11 is 0. The first-order chi connectivity index (χ1) is 13.4. The summed E-state index contributed by atoms with van der Waals surface area (Å²) < 4.78 is 27.7. The number of amides is 1. The quantitative estimate of drug-likeness (QED) is 0.791. The van der Waals surface area contributed by atoms with E-state index >= 15 is 0 Å². The maximum absolute atomic E-state index is 13.1. The number of carbonyl (C=O) groups is 1. The molecule has 1 fully saturated rings. The molecule has 0 bridgehead atoms. The van der Waals surface area contributed by atoms with Crippen molar-refractivity contribution in [1.29, 1.82) is 0 Å². The van der Waals surface area contributed by atoms with Gasteiger partial charge in [-0.25, -0.2) is 8.42 Å². The van der Waals surface area contributed by atoms with Gasteiger partial charge in [-0.2, -0.15) is 4.31 Å².